The van der Waals surface area contributed by atoms with Gasteiger partial charge in [-0.25, -0.2) is 17.6 Å². The Labute approximate surface area is 148 Å². The normalized spacial score (nSPS) is 10.9. The van der Waals surface area contributed by atoms with Gasteiger partial charge >= 0.3 is 0 Å². The average molecular weight is 367 g/mol. The summed E-state index contributed by atoms with van der Waals surface area (Å²) in [6, 6.07) is 4.51. The Morgan fingerprint density at radius 2 is 1.27 bits per heavy atom. The summed E-state index contributed by atoms with van der Waals surface area (Å²) >= 11 is 0. The minimum absolute atomic E-state index is 0.0767. The van der Waals surface area contributed by atoms with Crippen LogP contribution in [0, 0.1) is 29.2 Å². The molecular weight excluding hydrogens is 350 g/mol. The maximum atomic E-state index is 13.9. The van der Waals surface area contributed by atoms with Gasteiger partial charge in [-0.15, -0.1) is 0 Å². The fraction of sp³-hybridized carbons (Fsp3) is 0.263. The van der Waals surface area contributed by atoms with Gasteiger partial charge in [-0.2, -0.15) is 0 Å². The van der Waals surface area contributed by atoms with Crippen molar-refractivity contribution in [3.05, 3.63) is 70.8 Å². The second kappa shape index (κ2) is 8.12. The van der Waals surface area contributed by atoms with Crippen LogP contribution < -0.4 is 0 Å². The largest absolute Gasteiger partial charge is 0.274 e. The zero-order valence-electron chi connectivity index (χ0n) is 14.2. The second-order valence-corrected chi connectivity index (χ2v) is 6.19. The molecule has 0 spiro atoms. The second-order valence-electron chi connectivity index (χ2n) is 6.19. The van der Waals surface area contributed by atoms with Crippen molar-refractivity contribution >= 4 is 11.8 Å². The lowest BCUT2D eigenvalue weighted by molar-refractivity contribution is 0.0603. The van der Waals surface area contributed by atoms with Crippen LogP contribution in [-0.2, 0) is 0 Å². The Kier molecular flexibility index (Phi) is 6.13. The highest BCUT2D eigenvalue weighted by Crippen LogP contribution is 2.18. The van der Waals surface area contributed by atoms with E-state index < -0.39 is 46.2 Å². The molecule has 0 saturated heterocycles. The number of carbonyl (C=O) groups excluding carboxylic acids is 2. The van der Waals surface area contributed by atoms with Gasteiger partial charge in [0.25, 0.3) is 11.8 Å². The Hall–Kier alpha value is -2.70. The molecule has 0 aliphatic carbocycles. The number of rotatable bonds is 5. The molecule has 0 unspecified atom stereocenters. The molecule has 2 aromatic carbocycles. The van der Waals surface area contributed by atoms with Gasteiger partial charge in [0, 0.05) is 6.54 Å². The summed E-state index contributed by atoms with van der Waals surface area (Å²) in [6.07, 6.45) is 0.353. The van der Waals surface area contributed by atoms with E-state index in [1.165, 1.54) is 0 Å². The van der Waals surface area contributed by atoms with Crippen LogP contribution in [0.5, 0.6) is 0 Å². The third-order valence-corrected chi connectivity index (χ3v) is 3.74. The fourth-order valence-corrected chi connectivity index (χ4v) is 2.30. The Balaban J connectivity index is 2.45. The number of halogens is 4. The Morgan fingerprint density at radius 3 is 1.65 bits per heavy atom. The number of benzene rings is 2. The molecule has 2 aromatic rings. The highest BCUT2D eigenvalue weighted by molar-refractivity contribution is 6.10. The third-order valence-electron chi connectivity index (χ3n) is 3.74. The summed E-state index contributed by atoms with van der Waals surface area (Å²) in [5.74, 6) is -5.90. The van der Waals surface area contributed by atoms with Crippen LogP contribution in [0.25, 0.3) is 0 Å². The third kappa shape index (κ3) is 4.47. The van der Waals surface area contributed by atoms with Gasteiger partial charge in [0.15, 0.2) is 0 Å². The van der Waals surface area contributed by atoms with Crippen LogP contribution >= 0.6 is 0 Å². The van der Waals surface area contributed by atoms with E-state index in [4.69, 9.17) is 0 Å². The molecule has 0 fully saturated rings. The highest BCUT2D eigenvalue weighted by atomic mass is 19.1. The van der Waals surface area contributed by atoms with Gasteiger partial charge in [-0.05, 0) is 48.7 Å². The van der Waals surface area contributed by atoms with Crippen LogP contribution in [0.2, 0.25) is 0 Å². The maximum absolute atomic E-state index is 13.9. The first-order valence-electron chi connectivity index (χ1n) is 7.97. The zero-order valence-corrected chi connectivity index (χ0v) is 14.2. The van der Waals surface area contributed by atoms with Crippen LogP contribution in [0.3, 0.4) is 0 Å². The number of carbonyl (C=O) groups is 2. The molecule has 2 rings (SSSR count). The minimum atomic E-state index is -1.11. The quantitative estimate of drug-likeness (QED) is 0.573. The molecular formula is C19H17F4NO2. The van der Waals surface area contributed by atoms with E-state index in [0.29, 0.717) is 23.5 Å². The van der Waals surface area contributed by atoms with Crippen molar-refractivity contribution in [2.24, 2.45) is 5.92 Å². The molecule has 0 radical (unpaired) electrons. The SMILES string of the molecule is CC(C)CCN(C(=O)c1cc(F)ccc1F)C(=O)c1cc(F)ccc1F. The van der Waals surface area contributed by atoms with Crippen molar-refractivity contribution in [3.8, 4) is 0 Å². The first-order chi connectivity index (χ1) is 12.2. The monoisotopic (exact) mass is 367 g/mol. The fourth-order valence-electron chi connectivity index (χ4n) is 2.30. The molecule has 2 amide bonds. The van der Waals surface area contributed by atoms with Crippen LogP contribution in [0.1, 0.15) is 41.0 Å². The highest BCUT2D eigenvalue weighted by Gasteiger charge is 2.28. The zero-order chi connectivity index (χ0) is 19.4. The van der Waals surface area contributed by atoms with Crippen molar-refractivity contribution < 1.29 is 27.2 Å². The summed E-state index contributed by atoms with van der Waals surface area (Å²) in [5.41, 5.74) is -1.31. The van der Waals surface area contributed by atoms with Crippen molar-refractivity contribution in [1.29, 1.82) is 0 Å². The summed E-state index contributed by atoms with van der Waals surface area (Å²) in [5, 5.41) is 0. The van der Waals surface area contributed by atoms with Crippen LogP contribution in [0.4, 0.5) is 17.6 Å². The summed E-state index contributed by atoms with van der Waals surface area (Å²) in [4.78, 5) is 25.9. The molecule has 0 atom stereocenters. The van der Waals surface area contributed by atoms with Crippen molar-refractivity contribution in [3.63, 3.8) is 0 Å². The molecule has 0 aliphatic heterocycles. The summed E-state index contributed by atoms with van der Waals surface area (Å²) < 4.78 is 54.6. The van der Waals surface area contributed by atoms with Gasteiger partial charge in [-0.3, -0.25) is 14.5 Å². The molecule has 138 valence electrons. The number of nitrogens with zero attached hydrogens (tertiary/aromatic N) is 1. The first kappa shape index (κ1) is 19.6. The van der Waals surface area contributed by atoms with Crippen LogP contribution in [-0.4, -0.2) is 23.3 Å². The molecule has 3 nitrogen and oxygen atoms in total. The minimum Gasteiger partial charge on any atom is -0.274 e. The topological polar surface area (TPSA) is 37.4 Å². The van der Waals surface area contributed by atoms with E-state index in [0.717, 1.165) is 24.3 Å². The molecule has 7 heteroatoms. The molecule has 26 heavy (non-hydrogen) atoms. The first-order valence-corrected chi connectivity index (χ1v) is 7.97. The standard InChI is InChI=1S/C19H17F4NO2/c1-11(2)7-8-24(18(25)14-9-12(20)3-5-16(14)22)19(26)15-10-13(21)4-6-17(15)23/h3-6,9-11H,7-8H2,1-2H3. The maximum Gasteiger partial charge on any atom is 0.263 e. The lowest BCUT2D eigenvalue weighted by Crippen LogP contribution is -2.39. The summed E-state index contributed by atoms with van der Waals surface area (Å²) in [7, 11) is 0. The number of amides is 2. The van der Waals surface area contributed by atoms with Gasteiger partial charge in [0.1, 0.15) is 23.3 Å². The summed E-state index contributed by atoms with van der Waals surface area (Å²) in [6.45, 7) is 3.51. The van der Waals surface area contributed by atoms with E-state index in [-0.39, 0.29) is 12.5 Å². The van der Waals surface area contributed by atoms with Gasteiger partial charge in [0.05, 0.1) is 11.1 Å². The molecule has 0 N–H and O–H groups in total. The molecule has 0 aromatic heterocycles. The van der Waals surface area contributed by atoms with E-state index >= 15 is 0 Å². The number of hydrogen-bond acceptors (Lipinski definition) is 2. The Bertz CT molecular complexity index is 773. The van der Waals surface area contributed by atoms with Gasteiger partial charge in [0.2, 0.25) is 0 Å². The van der Waals surface area contributed by atoms with Crippen LogP contribution in [0.15, 0.2) is 36.4 Å². The van der Waals surface area contributed by atoms with Gasteiger partial charge < -0.3 is 0 Å². The molecule has 0 aliphatic rings. The number of imide groups is 1. The van der Waals surface area contributed by atoms with E-state index in [2.05, 4.69) is 0 Å². The van der Waals surface area contributed by atoms with E-state index in [9.17, 15) is 27.2 Å². The van der Waals surface area contributed by atoms with Crippen molar-refractivity contribution in [1.82, 2.24) is 4.90 Å². The molecule has 0 bridgehead atoms. The lowest BCUT2D eigenvalue weighted by atomic mass is 10.1. The average Bonchev–Trinajstić information content (AvgIpc) is 2.58. The van der Waals surface area contributed by atoms with Crippen molar-refractivity contribution in [2.45, 2.75) is 20.3 Å². The smallest absolute Gasteiger partial charge is 0.263 e. The predicted molar refractivity (Wildman–Crippen MR) is 87.5 cm³/mol. The predicted octanol–water partition coefficient (Wildman–Crippen LogP) is 4.57. The number of hydrogen-bond donors (Lipinski definition) is 0. The molecule has 0 heterocycles. The van der Waals surface area contributed by atoms with E-state index in [1.807, 2.05) is 13.8 Å². The van der Waals surface area contributed by atoms with E-state index in [1.54, 1.807) is 0 Å². The Morgan fingerprint density at radius 1 is 0.846 bits per heavy atom. The van der Waals surface area contributed by atoms with Crippen molar-refractivity contribution in [2.75, 3.05) is 6.54 Å². The molecule has 0 saturated carbocycles. The lowest BCUT2D eigenvalue weighted by Gasteiger charge is -2.22. The van der Waals surface area contributed by atoms with Gasteiger partial charge in [-0.1, -0.05) is 13.8 Å².